The van der Waals surface area contributed by atoms with E-state index in [2.05, 4.69) is 0 Å². The van der Waals surface area contributed by atoms with E-state index in [1.165, 1.54) is 6.92 Å². The maximum atomic E-state index is 13.8. The molecule has 0 aromatic rings. The topological polar surface area (TPSA) is 123 Å². The number of carbonyl (C=O) groups excluding carboxylic acids is 3. The molecule has 2 aliphatic heterocycles. The number of ketones is 1. The summed E-state index contributed by atoms with van der Waals surface area (Å²) in [5.41, 5.74) is 0. The van der Waals surface area contributed by atoms with Gasteiger partial charge in [-0.05, 0) is 70.1 Å². The minimum absolute atomic E-state index is 0.0350. The highest BCUT2D eigenvalue weighted by atomic mass is 19.1. The van der Waals surface area contributed by atoms with Crippen molar-refractivity contribution < 1.29 is 43.2 Å². The van der Waals surface area contributed by atoms with Crippen LogP contribution in [0, 0.1) is 17.8 Å². The summed E-state index contributed by atoms with van der Waals surface area (Å²) in [6, 6.07) is -0.948. The summed E-state index contributed by atoms with van der Waals surface area (Å²) in [5, 5.41) is 20.8. The van der Waals surface area contributed by atoms with Gasteiger partial charge >= 0.3 is 5.97 Å². The van der Waals surface area contributed by atoms with Crippen molar-refractivity contribution in [1.82, 2.24) is 4.90 Å². The number of halogens is 1. The van der Waals surface area contributed by atoms with Gasteiger partial charge in [-0.25, -0.2) is 9.18 Å². The zero-order valence-electron chi connectivity index (χ0n) is 21.9. The number of aliphatic hydroxyl groups excluding tert-OH is 1. The average Bonchev–Trinajstić information content (AvgIpc) is 2.86. The molecule has 3 fully saturated rings. The number of esters is 1. The Morgan fingerprint density at radius 3 is 2.56 bits per heavy atom. The number of nitrogens with zero attached hydrogens (tertiary/aromatic N) is 1. The van der Waals surface area contributed by atoms with Gasteiger partial charge in [0.25, 0.3) is 11.7 Å². The lowest BCUT2D eigenvalue weighted by molar-refractivity contribution is -0.286. The van der Waals surface area contributed by atoms with Crippen molar-refractivity contribution in [1.29, 1.82) is 0 Å². The van der Waals surface area contributed by atoms with Crippen LogP contribution < -0.4 is 0 Å². The Labute approximate surface area is 212 Å². The van der Waals surface area contributed by atoms with Gasteiger partial charge in [0.15, 0.2) is 0 Å². The van der Waals surface area contributed by atoms with Crippen LogP contribution >= 0.6 is 0 Å². The van der Waals surface area contributed by atoms with Gasteiger partial charge in [-0.3, -0.25) is 9.59 Å². The molecule has 2 heterocycles. The van der Waals surface area contributed by atoms with Crippen molar-refractivity contribution in [3.63, 3.8) is 0 Å². The second-order valence-electron chi connectivity index (χ2n) is 10.9. The van der Waals surface area contributed by atoms with Gasteiger partial charge in [-0.15, -0.1) is 0 Å². The van der Waals surface area contributed by atoms with Gasteiger partial charge < -0.3 is 29.3 Å². The van der Waals surface area contributed by atoms with E-state index in [1.54, 1.807) is 7.11 Å². The summed E-state index contributed by atoms with van der Waals surface area (Å²) in [5.74, 6) is -5.79. The summed E-state index contributed by atoms with van der Waals surface area (Å²) < 4.78 is 29.9. The lowest BCUT2D eigenvalue weighted by Crippen LogP contribution is -2.60. The monoisotopic (exact) mass is 515 g/mol. The number of hydrogen-bond donors (Lipinski definition) is 2. The number of ether oxygens (including phenoxy) is 3. The number of likely N-dealkylation sites (tertiary alicyclic amines) is 1. The molecule has 2 saturated heterocycles. The highest BCUT2D eigenvalue weighted by Gasteiger charge is 2.53. The van der Waals surface area contributed by atoms with E-state index in [-0.39, 0.29) is 31.4 Å². The minimum atomic E-state index is -2.55. The Morgan fingerprint density at radius 1 is 1.14 bits per heavy atom. The number of carbonyl (C=O) groups is 3. The molecular formula is C26H42FNO8. The highest BCUT2D eigenvalue weighted by molar-refractivity contribution is 6.39. The predicted molar refractivity (Wildman–Crippen MR) is 127 cm³/mol. The molecule has 0 aromatic carbocycles. The minimum Gasteiger partial charge on any atom is -0.461 e. The Kier molecular flexibility index (Phi) is 9.87. The maximum Gasteiger partial charge on any atom is 0.329 e. The Balaban J connectivity index is 1.61. The molecule has 9 nitrogen and oxygen atoms in total. The Bertz CT molecular complexity index is 796. The molecule has 1 amide bonds. The first-order chi connectivity index (χ1) is 17.0. The van der Waals surface area contributed by atoms with Gasteiger partial charge in [-0.2, -0.15) is 0 Å². The third-order valence-electron chi connectivity index (χ3n) is 8.33. The molecule has 0 radical (unpaired) electrons. The molecule has 206 valence electrons. The fourth-order valence-corrected chi connectivity index (χ4v) is 5.69. The van der Waals surface area contributed by atoms with Crippen LogP contribution in [0.4, 0.5) is 4.39 Å². The van der Waals surface area contributed by atoms with Crippen molar-refractivity contribution in [3.05, 3.63) is 0 Å². The normalized spacial score (nSPS) is 37.1. The summed E-state index contributed by atoms with van der Waals surface area (Å²) in [6.45, 7) is 5.52. The smallest absolute Gasteiger partial charge is 0.329 e. The van der Waals surface area contributed by atoms with Crippen molar-refractivity contribution >= 4 is 17.7 Å². The van der Waals surface area contributed by atoms with E-state index in [0.717, 1.165) is 24.2 Å². The molecule has 36 heavy (non-hydrogen) atoms. The number of amides is 1. The molecule has 9 unspecified atom stereocenters. The fourth-order valence-electron chi connectivity index (χ4n) is 5.69. The van der Waals surface area contributed by atoms with Crippen molar-refractivity contribution in [3.8, 4) is 0 Å². The van der Waals surface area contributed by atoms with Crippen LogP contribution in [0.5, 0.6) is 0 Å². The predicted octanol–water partition coefficient (Wildman–Crippen LogP) is 2.50. The molecule has 3 rings (SSSR count). The molecule has 0 aromatic heterocycles. The summed E-state index contributed by atoms with van der Waals surface area (Å²) in [4.78, 5) is 40.3. The van der Waals surface area contributed by atoms with Gasteiger partial charge in [0.05, 0.1) is 12.2 Å². The van der Waals surface area contributed by atoms with Crippen LogP contribution in [-0.4, -0.2) is 82.9 Å². The number of aliphatic hydroxyl groups is 2. The number of Topliss-reactive ketones (excluding diaryl/α,β-unsaturated/α-hetero) is 1. The van der Waals surface area contributed by atoms with Crippen LogP contribution in [0.3, 0.4) is 0 Å². The first-order valence-electron chi connectivity index (χ1n) is 13.3. The zero-order chi connectivity index (χ0) is 26.6. The molecule has 2 N–H and O–H groups in total. The average molecular weight is 516 g/mol. The third kappa shape index (κ3) is 6.44. The molecule has 0 bridgehead atoms. The first-order valence-corrected chi connectivity index (χ1v) is 13.3. The van der Waals surface area contributed by atoms with E-state index in [4.69, 9.17) is 14.2 Å². The van der Waals surface area contributed by atoms with Crippen molar-refractivity contribution in [2.45, 2.75) is 115 Å². The molecule has 10 heteroatoms. The molecule has 0 spiro atoms. The number of rotatable bonds is 8. The number of methoxy groups -OCH3 is 1. The molecular weight excluding hydrogens is 473 g/mol. The Hall–Kier alpha value is -1.62. The highest BCUT2D eigenvalue weighted by Crippen LogP contribution is 2.35. The number of piperidine rings is 1. The van der Waals surface area contributed by atoms with Crippen LogP contribution in [-0.2, 0) is 28.6 Å². The van der Waals surface area contributed by atoms with Crippen LogP contribution in [0.2, 0.25) is 0 Å². The second-order valence-corrected chi connectivity index (χ2v) is 10.9. The van der Waals surface area contributed by atoms with E-state index in [0.29, 0.717) is 31.6 Å². The van der Waals surface area contributed by atoms with E-state index < -0.39 is 54.0 Å². The molecule has 9 atom stereocenters. The lowest BCUT2D eigenvalue weighted by atomic mass is 9.79. The van der Waals surface area contributed by atoms with Crippen molar-refractivity contribution in [2.75, 3.05) is 13.7 Å². The van der Waals surface area contributed by atoms with Gasteiger partial charge in [0, 0.05) is 26.0 Å². The van der Waals surface area contributed by atoms with E-state index in [9.17, 15) is 29.0 Å². The Morgan fingerprint density at radius 2 is 1.86 bits per heavy atom. The van der Waals surface area contributed by atoms with E-state index >= 15 is 0 Å². The maximum absolute atomic E-state index is 13.8. The third-order valence-corrected chi connectivity index (χ3v) is 8.33. The summed E-state index contributed by atoms with van der Waals surface area (Å²) in [6.07, 6.45) is 2.08. The fraction of sp³-hybridized carbons (Fsp3) is 0.885. The molecule has 3 aliphatic rings. The van der Waals surface area contributed by atoms with Gasteiger partial charge in [0.2, 0.25) is 12.1 Å². The van der Waals surface area contributed by atoms with Crippen molar-refractivity contribution in [2.24, 2.45) is 17.8 Å². The standard InChI is InChI=1S/C26H42FNO8/c1-15(13-18-9-10-20(29)21(14-18)34-4)17(3)35-25(32)19-7-5-6-12-28(19)24(31)23(30)26(33)16(2)8-11-22(27)36-26/h15-22,29,33H,5-14H2,1-4H3. The second kappa shape index (κ2) is 12.3. The van der Waals surface area contributed by atoms with Crippen LogP contribution in [0.25, 0.3) is 0 Å². The first kappa shape index (κ1) is 28.9. The van der Waals surface area contributed by atoms with E-state index in [1.807, 2.05) is 13.8 Å². The largest absolute Gasteiger partial charge is 0.461 e. The number of alkyl halides is 1. The summed E-state index contributed by atoms with van der Waals surface area (Å²) >= 11 is 0. The SMILES string of the molecule is COC1CC(CC(C)C(C)OC(=O)C2CCCCN2C(=O)C(=O)C2(O)OC(F)CCC2C)CCC1O. The summed E-state index contributed by atoms with van der Waals surface area (Å²) in [7, 11) is 1.60. The number of hydrogen-bond acceptors (Lipinski definition) is 8. The van der Waals surface area contributed by atoms with Gasteiger partial charge in [0.1, 0.15) is 12.1 Å². The zero-order valence-corrected chi connectivity index (χ0v) is 21.9. The quantitative estimate of drug-likeness (QED) is 0.374. The van der Waals surface area contributed by atoms with Crippen LogP contribution in [0.15, 0.2) is 0 Å². The lowest BCUT2D eigenvalue weighted by Gasteiger charge is -2.40. The van der Waals surface area contributed by atoms with Crippen LogP contribution in [0.1, 0.15) is 78.6 Å². The molecule has 1 aliphatic carbocycles. The molecule has 1 saturated carbocycles. The van der Waals surface area contributed by atoms with Gasteiger partial charge in [-0.1, -0.05) is 13.8 Å².